The molecular weight excluding hydrogens is 526 g/mol. The van der Waals surface area contributed by atoms with E-state index in [9.17, 15) is 23.0 Å². The largest absolute Gasteiger partial charge is 0.444 e. The molecule has 2 saturated carbocycles. The third-order valence-electron chi connectivity index (χ3n) is 7.26. The Hall–Kier alpha value is -2.65. The predicted octanol–water partition coefficient (Wildman–Crippen LogP) is 5.52. The molecule has 2 aliphatic rings. The van der Waals surface area contributed by atoms with Crippen molar-refractivity contribution in [3.05, 3.63) is 29.7 Å². The molecule has 2 fully saturated rings. The molecule has 12 heteroatoms. The Labute approximate surface area is 230 Å². The maximum atomic E-state index is 13.9. The van der Waals surface area contributed by atoms with Gasteiger partial charge in [-0.2, -0.15) is 10.4 Å². The van der Waals surface area contributed by atoms with Crippen LogP contribution in [-0.2, 0) is 15.7 Å². The van der Waals surface area contributed by atoms with Gasteiger partial charge in [0.05, 0.1) is 57.4 Å². The maximum absolute atomic E-state index is 13.9. The molecule has 9 nitrogen and oxygen atoms in total. The fourth-order valence-electron chi connectivity index (χ4n) is 4.86. The molecule has 0 unspecified atom stereocenters. The van der Waals surface area contributed by atoms with E-state index in [1.165, 1.54) is 0 Å². The van der Waals surface area contributed by atoms with Crippen molar-refractivity contribution >= 4 is 22.7 Å². The van der Waals surface area contributed by atoms with Crippen LogP contribution in [0, 0.1) is 22.7 Å². The van der Waals surface area contributed by atoms with Crippen LogP contribution in [0.15, 0.2) is 18.5 Å². The summed E-state index contributed by atoms with van der Waals surface area (Å²) in [5.74, 6) is -2.96. The number of hydrogen-bond acceptors (Lipinski definition) is 6. The summed E-state index contributed by atoms with van der Waals surface area (Å²) in [5.41, 5.74) is 0.250. The van der Waals surface area contributed by atoms with Gasteiger partial charge >= 0.3 is 6.09 Å². The number of halogens is 2. The number of alkyl carbamates (subject to hydrolysis) is 1. The highest BCUT2D eigenvalue weighted by Crippen LogP contribution is 2.54. The van der Waals surface area contributed by atoms with Gasteiger partial charge < -0.3 is 10.1 Å². The average Bonchev–Trinajstić information content (AvgIpc) is 3.50. The predicted molar refractivity (Wildman–Crippen MR) is 143 cm³/mol. The van der Waals surface area contributed by atoms with E-state index in [2.05, 4.69) is 21.2 Å². The second-order valence-electron chi connectivity index (χ2n) is 12.8. The molecule has 0 aromatic carbocycles. The Morgan fingerprint density at radius 1 is 1.21 bits per heavy atom. The van der Waals surface area contributed by atoms with Gasteiger partial charge in [0.15, 0.2) is 5.65 Å². The van der Waals surface area contributed by atoms with Gasteiger partial charge in [-0.05, 0) is 84.8 Å². The first kappa shape index (κ1) is 29.3. The smallest absolute Gasteiger partial charge is 0.408 e. The number of amides is 1. The Morgan fingerprint density at radius 2 is 1.85 bits per heavy atom. The van der Waals surface area contributed by atoms with Crippen LogP contribution in [0.25, 0.3) is 5.65 Å². The van der Waals surface area contributed by atoms with E-state index in [0.717, 1.165) is 0 Å². The van der Waals surface area contributed by atoms with Gasteiger partial charge in [0.25, 0.3) is 0 Å². The molecule has 2 N–H and O–H groups in total. The number of fused-ring (bicyclic) bond motifs is 1. The summed E-state index contributed by atoms with van der Waals surface area (Å²) < 4.78 is 50.4. The Balaban J connectivity index is 1.66. The summed E-state index contributed by atoms with van der Waals surface area (Å²) in [6.07, 6.45) is 3.98. The number of nitriles is 1. The van der Waals surface area contributed by atoms with Crippen LogP contribution in [0.3, 0.4) is 0 Å². The van der Waals surface area contributed by atoms with Crippen molar-refractivity contribution in [1.82, 2.24) is 24.6 Å². The van der Waals surface area contributed by atoms with Crippen molar-refractivity contribution in [3.63, 3.8) is 0 Å². The monoisotopic (exact) mass is 564 g/mol. The summed E-state index contributed by atoms with van der Waals surface area (Å²) in [4.78, 5) is 17.4. The second kappa shape index (κ2) is 10.4. The van der Waals surface area contributed by atoms with Crippen LogP contribution in [0.2, 0.25) is 0 Å². The zero-order valence-electron chi connectivity index (χ0n) is 23.4. The number of nitrogens with one attached hydrogen (secondary N) is 2. The van der Waals surface area contributed by atoms with E-state index in [0.29, 0.717) is 29.7 Å². The molecule has 0 aliphatic heterocycles. The molecule has 2 aliphatic carbocycles. The van der Waals surface area contributed by atoms with E-state index in [-0.39, 0.29) is 31.6 Å². The lowest BCUT2D eigenvalue weighted by Gasteiger charge is -2.33. The molecule has 214 valence electrons. The zero-order valence-corrected chi connectivity index (χ0v) is 24.2. The maximum Gasteiger partial charge on any atom is 0.408 e. The van der Waals surface area contributed by atoms with Crippen LogP contribution in [0.5, 0.6) is 0 Å². The molecule has 0 saturated heterocycles. The highest BCUT2D eigenvalue weighted by Gasteiger charge is 2.52. The molecule has 2 aromatic rings. The molecular formula is C27H38F2N6O3S. The van der Waals surface area contributed by atoms with E-state index < -0.39 is 50.8 Å². The molecule has 1 amide bonds. The zero-order chi connectivity index (χ0) is 28.8. The highest BCUT2D eigenvalue weighted by molar-refractivity contribution is 7.84. The molecule has 2 aromatic heterocycles. The van der Waals surface area contributed by atoms with E-state index in [1.807, 2.05) is 20.8 Å². The summed E-state index contributed by atoms with van der Waals surface area (Å²) in [5, 5.41) is 17.3. The Kier molecular flexibility index (Phi) is 7.82. The lowest BCUT2D eigenvalue weighted by atomic mass is 9.81. The average molecular weight is 565 g/mol. The lowest BCUT2D eigenvalue weighted by Crippen LogP contribution is -2.40. The Morgan fingerprint density at radius 3 is 2.38 bits per heavy atom. The van der Waals surface area contributed by atoms with E-state index >= 15 is 0 Å². The van der Waals surface area contributed by atoms with Crippen molar-refractivity contribution in [2.24, 2.45) is 11.3 Å². The van der Waals surface area contributed by atoms with Gasteiger partial charge in [0, 0.05) is 12.8 Å². The van der Waals surface area contributed by atoms with Crippen LogP contribution in [0.1, 0.15) is 103 Å². The minimum absolute atomic E-state index is 0.231. The van der Waals surface area contributed by atoms with Crippen molar-refractivity contribution < 1.29 is 22.5 Å². The normalized spacial score (nSPS) is 21.5. The van der Waals surface area contributed by atoms with Gasteiger partial charge in [-0.15, -0.1) is 0 Å². The fraction of sp³-hybridized carbons (Fsp3) is 0.704. The first-order chi connectivity index (χ1) is 18.0. The van der Waals surface area contributed by atoms with Crippen LogP contribution >= 0.6 is 0 Å². The van der Waals surface area contributed by atoms with Crippen molar-refractivity contribution in [2.75, 3.05) is 0 Å². The van der Waals surface area contributed by atoms with Gasteiger partial charge in [0.1, 0.15) is 5.60 Å². The quantitative estimate of drug-likeness (QED) is 0.457. The van der Waals surface area contributed by atoms with Gasteiger partial charge in [0.2, 0.25) is 5.92 Å². The first-order valence-corrected chi connectivity index (χ1v) is 14.5. The summed E-state index contributed by atoms with van der Waals surface area (Å²) in [7, 11) is -1.42. The van der Waals surface area contributed by atoms with Crippen LogP contribution < -0.4 is 10.0 Å². The lowest BCUT2D eigenvalue weighted by molar-refractivity contribution is -0.0500. The number of carbonyl (C=O) groups is 1. The number of hydrogen-bond donors (Lipinski definition) is 2. The topological polar surface area (TPSA) is 121 Å². The van der Waals surface area contributed by atoms with Crippen molar-refractivity contribution in [2.45, 2.75) is 108 Å². The number of carbonyl (C=O) groups excluding carboxylic acids is 1. The number of aromatic nitrogens is 3. The number of rotatable bonds is 7. The first-order valence-electron chi connectivity index (χ1n) is 13.3. The summed E-state index contributed by atoms with van der Waals surface area (Å²) in [6.45, 7) is 10.8. The third-order valence-corrected chi connectivity index (χ3v) is 8.82. The molecule has 0 bridgehead atoms. The second-order valence-corrected chi connectivity index (χ2v) is 14.8. The number of imidazole rings is 1. The minimum atomic E-state index is -2.71. The summed E-state index contributed by atoms with van der Waals surface area (Å²) in [6, 6.07) is 3.05. The standard InChI is InChI=1S/C27H38F2N6O3S/c1-24(2,3)38-23(36)33-21(17-7-9-27(28,29)10-8-17)19-15-35-20(32-19)13-18(14-31-35)22(26(16-30)11-12-26)34-39(37)25(4,5)6/h13-15,17,21-22,34H,7-12H2,1-6H3,(H,33,36)/t21-,22+,39-/m0/s1. The number of nitrogens with zero attached hydrogens (tertiary/aromatic N) is 4. The highest BCUT2D eigenvalue weighted by atomic mass is 32.2. The van der Waals surface area contributed by atoms with E-state index in [1.54, 1.807) is 43.7 Å². The van der Waals surface area contributed by atoms with Crippen molar-refractivity contribution in [1.29, 1.82) is 5.26 Å². The fourth-order valence-corrected chi connectivity index (χ4v) is 5.79. The molecule has 0 spiro atoms. The van der Waals surface area contributed by atoms with Crippen molar-refractivity contribution in [3.8, 4) is 6.07 Å². The van der Waals surface area contributed by atoms with Crippen LogP contribution in [0.4, 0.5) is 13.6 Å². The Bertz CT molecular complexity index is 1280. The number of ether oxygens (including phenoxy) is 1. The molecule has 0 radical (unpaired) electrons. The summed E-state index contributed by atoms with van der Waals surface area (Å²) >= 11 is 0. The number of alkyl halides is 2. The molecule has 39 heavy (non-hydrogen) atoms. The SMILES string of the molecule is CC(C)(C)OC(=O)N[C@H](c1cn2ncc([C@@H](N[S@@](=O)C(C)(C)C)C3(C#N)CC3)cc2n1)C1CCC(F)(F)CC1. The third kappa shape index (κ3) is 6.92. The van der Waals surface area contributed by atoms with E-state index in [4.69, 9.17) is 9.72 Å². The molecule has 4 rings (SSSR count). The molecule has 2 heterocycles. The van der Waals surface area contributed by atoms with Gasteiger partial charge in [-0.3, -0.25) is 0 Å². The molecule has 3 atom stereocenters. The van der Waals surface area contributed by atoms with Crippen LogP contribution in [-0.4, -0.2) is 41.2 Å². The van der Waals surface area contributed by atoms with Gasteiger partial charge in [-0.1, -0.05) is 0 Å². The minimum Gasteiger partial charge on any atom is -0.444 e. The van der Waals surface area contributed by atoms with Gasteiger partial charge in [-0.25, -0.2) is 32.0 Å².